The minimum Gasteiger partial charge on any atom is -0.355 e. The van der Waals surface area contributed by atoms with Crippen LogP contribution in [-0.4, -0.2) is 102 Å². The molecule has 8 aliphatic rings. The van der Waals surface area contributed by atoms with Crippen molar-refractivity contribution in [3.05, 3.63) is 218 Å². The fourth-order valence-corrected chi connectivity index (χ4v) is 16.4. The molecule has 2 atom stereocenters. The van der Waals surface area contributed by atoms with Crippen LogP contribution in [0.1, 0.15) is 101 Å². The van der Waals surface area contributed by atoms with Crippen molar-refractivity contribution >= 4 is 98.3 Å². The molecular weight excluding hydrogens is 1170 g/mol. The lowest BCUT2D eigenvalue weighted by Crippen LogP contribution is -2.70. The highest BCUT2D eigenvalue weighted by Gasteiger charge is 2.71. The van der Waals surface area contributed by atoms with Gasteiger partial charge in [-0.25, -0.2) is 9.97 Å². The molecule has 6 N–H and O–H groups in total. The Bertz CT molecular complexity index is 4730. The molecule has 2 unspecified atom stereocenters. The number of hydrogen-bond donors (Lipinski definition) is 6. The first-order valence-electron chi connectivity index (χ1n) is 29.7. The molecule has 5 aromatic heterocycles. The topological polar surface area (TPSA) is 224 Å². The summed E-state index contributed by atoms with van der Waals surface area (Å²) < 4.78 is 57.0. The number of nitrogens with one attached hydrogen (secondary N) is 2. The zero-order valence-corrected chi connectivity index (χ0v) is 52.0. The van der Waals surface area contributed by atoms with Crippen LogP contribution in [0.25, 0.3) is 75.2 Å². The average Bonchev–Trinajstić information content (AvgIpc) is 1.38. The molecule has 15 rings (SSSR count). The summed E-state index contributed by atoms with van der Waals surface area (Å²) in [4.78, 5) is 56.7. The van der Waals surface area contributed by atoms with E-state index in [-0.39, 0.29) is 31.1 Å². The van der Waals surface area contributed by atoms with Gasteiger partial charge in [-0.2, -0.15) is 9.13 Å². The highest BCUT2D eigenvalue weighted by molar-refractivity contribution is 7.53. The minimum absolute atomic E-state index is 0.0776. The van der Waals surface area contributed by atoms with Crippen LogP contribution >= 0.6 is 22.8 Å². The highest BCUT2D eigenvalue weighted by atomic mass is 31.2. The monoisotopic (exact) mass is 1230 g/mol. The Hall–Kier alpha value is -7.91. The minimum atomic E-state index is -4.36. The summed E-state index contributed by atoms with van der Waals surface area (Å²) in [6, 6.07) is 38.4. The zero-order chi connectivity index (χ0) is 61.0. The molecule has 0 fully saturated rings. The largest absolute Gasteiger partial charge is 0.553 e. The number of nitrogens with zero attached hydrogens (tertiary/aromatic N) is 6. The lowest BCUT2D eigenvalue weighted by atomic mass is 9.86. The van der Waals surface area contributed by atoms with Gasteiger partial charge in [-0.05, 0) is 147 Å². The van der Waals surface area contributed by atoms with Crippen molar-refractivity contribution in [1.29, 1.82) is 0 Å². The maximum atomic E-state index is 13.0. The average molecular weight is 1230 g/mol. The molecule has 2 aromatic carbocycles. The van der Waals surface area contributed by atoms with Gasteiger partial charge in [0.2, 0.25) is 22.8 Å². The Morgan fingerprint density at radius 2 is 1.20 bits per heavy atom. The molecule has 13 heterocycles. The Balaban J connectivity index is 0.000000155. The number of aryl methyl sites for hydroxylation is 2. The third-order valence-corrected chi connectivity index (χ3v) is 21.5. The fourth-order valence-electron chi connectivity index (χ4n) is 14.0. The molecule has 20 heteroatoms. The molecule has 446 valence electrons. The molecule has 0 saturated heterocycles. The Labute approximate surface area is 508 Å². The number of fused-ring (bicyclic) bond motifs is 8. The van der Waals surface area contributed by atoms with Gasteiger partial charge >= 0.3 is 28.7 Å². The predicted octanol–water partition coefficient (Wildman–Crippen LogP) is 11.9. The summed E-state index contributed by atoms with van der Waals surface area (Å²) in [7, 11) is -8.99. The van der Waals surface area contributed by atoms with E-state index in [1.165, 1.54) is 25.3 Å². The molecule has 8 bridgehead atoms. The Kier molecular flexibility index (Phi) is 14.4. The van der Waals surface area contributed by atoms with E-state index in [0.29, 0.717) is 12.6 Å². The van der Waals surface area contributed by atoms with Crippen molar-refractivity contribution in [2.45, 2.75) is 64.7 Å². The van der Waals surface area contributed by atoms with E-state index in [9.17, 15) is 33.3 Å². The smallest absolute Gasteiger partial charge is 0.355 e. The second kappa shape index (κ2) is 22.0. The summed E-state index contributed by atoms with van der Waals surface area (Å²) in [5, 5.41) is 2.12. The predicted molar refractivity (Wildman–Crippen MR) is 347 cm³/mol. The Morgan fingerprint density at radius 3 is 1.80 bits per heavy atom. The summed E-state index contributed by atoms with van der Waals surface area (Å²) in [5.41, 5.74) is 22.0. The Morgan fingerprint density at radius 1 is 0.602 bits per heavy atom. The van der Waals surface area contributed by atoms with Crippen molar-refractivity contribution in [2.24, 2.45) is 5.92 Å². The molecule has 7 aromatic rings. The highest BCUT2D eigenvalue weighted by Crippen LogP contribution is 2.52. The molecule has 0 amide bonds. The number of hydrogen-bond acceptors (Lipinski definition) is 7. The van der Waals surface area contributed by atoms with Gasteiger partial charge < -0.3 is 38.6 Å². The fraction of sp³-hybridized carbons (Fsp3) is 0.235. The normalized spacial score (nSPS) is 17.7. The summed E-state index contributed by atoms with van der Waals surface area (Å²) in [6.07, 6.45) is 23.0. The number of aromatic amines is 2. The van der Waals surface area contributed by atoms with Gasteiger partial charge in [-0.1, -0.05) is 82.2 Å². The first-order valence-corrected chi connectivity index (χ1v) is 35.0. The lowest BCUT2D eigenvalue weighted by Gasteiger charge is -2.40. The van der Waals surface area contributed by atoms with Gasteiger partial charge in [0, 0.05) is 89.4 Å². The lowest BCUT2D eigenvalue weighted by molar-refractivity contribution is -0.837. The number of H-pyrrole nitrogens is 2. The number of rotatable bonds is 17. The maximum absolute atomic E-state index is 13.0. The first kappa shape index (κ1) is 57.8. The van der Waals surface area contributed by atoms with Gasteiger partial charge in [-0.15, -0.1) is 0 Å². The second-order valence-corrected chi connectivity index (χ2v) is 29.5. The zero-order valence-electron chi connectivity index (χ0n) is 49.3. The van der Waals surface area contributed by atoms with Gasteiger partial charge in [0.15, 0.2) is 0 Å². The van der Waals surface area contributed by atoms with Crippen molar-refractivity contribution in [1.82, 2.24) is 29.1 Å². The van der Waals surface area contributed by atoms with Crippen molar-refractivity contribution in [2.75, 3.05) is 32.7 Å². The van der Waals surface area contributed by atoms with Crippen LogP contribution in [0.4, 0.5) is 0 Å². The van der Waals surface area contributed by atoms with Crippen LogP contribution in [0, 0.1) is 19.8 Å². The van der Waals surface area contributed by atoms with Crippen LogP contribution in [0.15, 0.2) is 150 Å². The van der Waals surface area contributed by atoms with Crippen LogP contribution in [0.2, 0.25) is 0 Å². The first-order chi connectivity index (χ1) is 42.3. The van der Waals surface area contributed by atoms with Gasteiger partial charge in [0.25, 0.3) is 0 Å². The van der Waals surface area contributed by atoms with Gasteiger partial charge in [-0.3, -0.25) is 13.7 Å². The van der Waals surface area contributed by atoms with E-state index in [4.69, 9.17) is 19.0 Å². The third kappa shape index (κ3) is 10.0. The van der Waals surface area contributed by atoms with E-state index in [2.05, 4.69) is 195 Å². The SMILES string of the molecule is CCCC(CCP(=O)(OC)OC)c1c2nc(cc3ccc([nH]3)c(-c3ccc(C)cc3)c3ccc(cc4nc1C=C4)[nH]3)C=C2.Cc1ccc(C2=c3ccc4n3C35n6c(ccc62)C=C2C=CC(=[N+]23)C(C(CCP(=O)(O)O)CCP(=O)(O)O)=C2C=CC(=[N+]25)C=4)cc1. The molecule has 8 aliphatic heterocycles. The van der Waals surface area contributed by atoms with Crippen LogP contribution < -0.4 is 10.7 Å². The molecule has 1 spiro atoms. The number of benzene rings is 2. The maximum Gasteiger partial charge on any atom is 0.553 e. The van der Waals surface area contributed by atoms with Gasteiger partial charge in [0.05, 0.1) is 68.9 Å². The molecule has 17 nitrogen and oxygen atoms in total. The quantitative estimate of drug-likeness (QED) is 0.0371. The van der Waals surface area contributed by atoms with E-state index in [0.717, 1.165) is 136 Å². The second-order valence-electron chi connectivity index (χ2n) is 23.6. The molecule has 88 heavy (non-hydrogen) atoms. The van der Waals surface area contributed by atoms with E-state index in [1.807, 2.05) is 24.3 Å². The summed E-state index contributed by atoms with van der Waals surface area (Å²) >= 11 is 0. The third-order valence-electron chi connectivity index (χ3n) is 17.9. The van der Waals surface area contributed by atoms with Crippen molar-refractivity contribution < 1.29 is 51.5 Å². The molecule has 0 saturated carbocycles. The van der Waals surface area contributed by atoms with E-state index in [1.54, 1.807) is 0 Å². The summed E-state index contributed by atoms with van der Waals surface area (Å²) in [6.45, 7) is 6.35. The number of allylic oxidation sites excluding steroid dienone is 5. The van der Waals surface area contributed by atoms with Gasteiger partial charge in [0.1, 0.15) is 0 Å². The van der Waals surface area contributed by atoms with E-state index < -0.39 is 34.6 Å². The summed E-state index contributed by atoms with van der Waals surface area (Å²) in [5.74, 6) is -1.31. The van der Waals surface area contributed by atoms with Crippen LogP contribution in [0.5, 0.6) is 0 Å². The van der Waals surface area contributed by atoms with Crippen LogP contribution in [0.3, 0.4) is 0 Å². The standard InChI is InChI=1S/C35H37N4O3P.C33H28N4O6P2/c1-5-6-24(19-20-43(40,41-3)42-4)34-30-15-11-26(36-30)21-28-13-17-32(38-28)35(25-9-7-23(2)8-10-25)33-18-14-29(39-33)22-27-12-16-31(34)37-27;1-20-2-4-21(5-3-20)31-27-10-6-23-18-25-8-12-29-32(22(14-16-44(38,39)40)15-17-45(41,42)43)30-13-9-26-19-24-7-11-28(31)35(24)33(34(23)27,36(25)29)37(26)30/h7-18,21-22,24,38-39H,5-6,19-20H2,1-4H3;2-13,18-19,22H,14-17H2,1H3,(H2-2,38,39,40,41,42,43)/p+2. The molecule has 0 aliphatic carbocycles. The van der Waals surface area contributed by atoms with E-state index >= 15 is 0 Å². The number of aromatic nitrogens is 6. The van der Waals surface area contributed by atoms with Crippen LogP contribution in [-0.2, 0) is 28.7 Å². The van der Waals surface area contributed by atoms with Crippen molar-refractivity contribution in [3.63, 3.8) is 0 Å². The molecule has 0 radical (unpaired) electrons. The van der Waals surface area contributed by atoms with Crippen molar-refractivity contribution in [3.8, 4) is 11.1 Å². The molecular formula is C68H67N8O9P3+2.